The minimum Gasteiger partial charge on any atom is -0.469 e. The van der Waals surface area contributed by atoms with Crippen molar-refractivity contribution in [2.24, 2.45) is 17.8 Å². The summed E-state index contributed by atoms with van der Waals surface area (Å²) in [6, 6.07) is 0.0956. The standard InChI is InChI=1S/C19H26ClN3O2/c1-25-18(24)15-11-7-9-12(10-8-11)16(15)22-17-13-5-3-2-4-6-14(13)21-19(20)23-17/h11-12,15-16H,2-10H2,1H3,(H,21,22,23). The maximum Gasteiger partial charge on any atom is 0.311 e. The average molecular weight is 364 g/mol. The maximum absolute atomic E-state index is 12.4. The zero-order valence-electron chi connectivity index (χ0n) is 14.8. The number of nitrogens with zero attached hydrogens (tertiary/aromatic N) is 2. The van der Waals surface area contributed by atoms with Crippen LogP contribution in [0.25, 0.3) is 0 Å². The quantitative estimate of drug-likeness (QED) is 0.503. The van der Waals surface area contributed by atoms with Gasteiger partial charge in [-0.25, -0.2) is 9.97 Å². The van der Waals surface area contributed by atoms with Crippen LogP contribution in [0.15, 0.2) is 0 Å². The van der Waals surface area contributed by atoms with Gasteiger partial charge in [0.2, 0.25) is 5.28 Å². The highest BCUT2D eigenvalue weighted by molar-refractivity contribution is 6.28. The number of carbonyl (C=O) groups is 1. The number of aromatic nitrogens is 2. The minimum absolute atomic E-state index is 0.0762. The van der Waals surface area contributed by atoms with Gasteiger partial charge in [-0.3, -0.25) is 4.79 Å². The van der Waals surface area contributed by atoms with Crippen molar-refractivity contribution in [3.63, 3.8) is 0 Å². The highest BCUT2D eigenvalue weighted by Crippen LogP contribution is 2.47. The number of halogens is 1. The van der Waals surface area contributed by atoms with Gasteiger partial charge >= 0.3 is 5.97 Å². The van der Waals surface area contributed by atoms with Crippen LogP contribution in [0, 0.1) is 17.8 Å². The fraction of sp³-hybridized carbons (Fsp3) is 0.737. The number of hydrogen-bond acceptors (Lipinski definition) is 5. The number of methoxy groups -OCH3 is 1. The van der Waals surface area contributed by atoms with Crippen LogP contribution in [0.2, 0.25) is 5.28 Å². The fourth-order valence-corrected chi connectivity index (χ4v) is 5.34. The Hall–Kier alpha value is -1.36. The Morgan fingerprint density at radius 1 is 1.08 bits per heavy atom. The number of anilines is 1. The second-order valence-electron chi connectivity index (χ2n) is 7.72. The van der Waals surface area contributed by atoms with Gasteiger partial charge in [0.05, 0.1) is 18.7 Å². The van der Waals surface area contributed by atoms with Gasteiger partial charge in [0.1, 0.15) is 5.82 Å². The first kappa shape index (κ1) is 17.1. The van der Waals surface area contributed by atoms with E-state index in [1.54, 1.807) is 0 Å². The lowest BCUT2D eigenvalue weighted by Crippen LogP contribution is -2.52. The first-order chi connectivity index (χ1) is 12.2. The first-order valence-electron chi connectivity index (χ1n) is 9.57. The van der Waals surface area contributed by atoms with Crippen LogP contribution >= 0.6 is 11.6 Å². The van der Waals surface area contributed by atoms with E-state index >= 15 is 0 Å². The summed E-state index contributed by atoms with van der Waals surface area (Å²) in [5, 5.41) is 3.94. The molecule has 0 radical (unpaired) electrons. The number of rotatable bonds is 3. The molecular weight excluding hydrogens is 338 g/mol. The molecule has 0 amide bonds. The third-order valence-corrected chi connectivity index (χ3v) is 6.57. The van der Waals surface area contributed by atoms with Crippen molar-refractivity contribution in [2.45, 2.75) is 63.8 Å². The van der Waals surface area contributed by atoms with Gasteiger partial charge in [-0.1, -0.05) is 6.42 Å². The van der Waals surface area contributed by atoms with Crippen LogP contribution in [0.4, 0.5) is 5.82 Å². The molecule has 4 aliphatic carbocycles. The molecule has 6 heteroatoms. The predicted octanol–water partition coefficient (Wildman–Crippen LogP) is 3.79. The number of nitrogens with one attached hydrogen (secondary N) is 1. The smallest absolute Gasteiger partial charge is 0.311 e. The molecule has 1 N–H and O–H groups in total. The monoisotopic (exact) mass is 363 g/mol. The van der Waals surface area contributed by atoms with Crippen molar-refractivity contribution in [2.75, 3.05) is 12.4 Å². The highest BCUT2D eigenvalue weighted by atomic mass is 35.5. The minimum atomic E-state index is -0.0851. The summed E-state index contributed by atoms with van der Waals surface area (Å²) >= 11 is 6.20. The molecular formula is C19H26ClN3O2. The van der Waals surface area contributed by atoms with Crippen molar-refractivity contribution < 1.29 is 9.53 Å². The van der Waals surface area contributed by atoms with Crippen LogP contribution in [-0.4, -0.2) is 29.1 Å². The topological polar surface area (TPSA) is 64.1 Å². The van der Waals surface area contributed by atoms with E-state index in [2.05, 4.69) is 15.3 Å². The maximum atomic E-state index is 12.4. The Kier molecular flexibility index (Phi) is 4.85. The third kappa shape index (κ3) is 3.23. The molecule has 2 unspecified atom stereocenters. The van der Waals surface area contributed by atoms with Crippen LogP contribution in [-0.2, 0) is 22.4 Å². The number of fused-ring (bicyclic) bond motifs is 4. The molecule has 4 aliphatic rings. The number of esters is 1. The van der Waals surface area contributed by atoms with Crippen molar-refractivity contribution in [1.29, 1.82) is 0 Å². The second-order valence-corrected chi connectivity index (χ2v) is 8.06. The SMILES string of the molecule is COC(=O)C1C2CCC(CC2)C1Nc1nc(Cl)nc2c1CCCCC2. The van der Waals surface area contributed by atoms with E-state index in [9.17, 15) is 4.79 Å². The van der Waals surface area contributed by atoms with E-state index in [1.807, 2.05) is 0 Å². The normalized spacial score (nSPS) is 31.1. The molecule has 2 atom stereocenters. The molecule has 0 spiro atoms. The van der Waals surface area contributed by atoms with E-state index in [-0.39, 0.29) is 17.9 Å². The van der Waals surface area contributed by atoms with Crippen molar-refractivity contribution in [3.8, 4) is 0 Å². The van der Waals surface area contributed by atoms with Crippen molar-refractivity contribution >= 4 is 23.4 Å². The Morgan fingerprint density at radius 3 is 2.56 bits per heavy atom. The lowest BCUT2D eigenvalue weighted by molar-refractivity contribution is -0.152. The molecule has 1 heterocycles. The zero-order chi connectivity index (χ0) is 17.4. The molecule has 1 aromatic rings. The Labute approximate surface area is 153 Å². The van der Waals surface area contributed by atoms with E-state index < -0.39 is 0 Å². The zero-order valence-corrected chi connectivity index (χ0v) is 15.5. The average Bonchev–Trinajstić information content (AvgIpc) is 2.87. The second kappa shape index (κ2) is 7.10. The summed E-state index contributed by atoms with van der Waals surface area (Å²) < 4.78 is 5.13. The van der Waals surface area contributed by atoms with Gasteiger partial charge in [0.15, 0.2) is 0 Å². The number of aryl methyl sites for hydroxylation is 1. The van der Waals surface area contributed by atoms with Gasteiger partial charge in [-0.15, -0.1) is 0 Å². The van der Waals surface area contributed by atoms with Crippen LogP contribution in [0.3, 0.4) is 0 Å². The third-order valence-electron chi connectivity index (χ3n) is 6.40. The summed E-state index contributed by atoms with van der Waals surface area (Å²) in [5.74, 6) is 1.62. The number of hydrogen-bond donors (Lipinski definition) is 1. The van der Waals surface area contributed by atoms with Gasteiger partial charge < -0.3 is 10.1 Å². The number of ether oxygens (including phenoxy) is 1. The predicted molar refractivity (Wildman–Crippen MR) is 96.7 cm³/mol. The van der Waals surface area contributed by atoms with Crippen LogP contribution in [0.1, 0.15) is 56.2 Å². The van der Waals surface area contributed by atoms with Gasteiger partial charge in [0.25, 0.3) is 0 Å². The molecule has 136 valence electrons. The Balaban J connectivity index is 1.66. The largest absolute Gasteiger partial charge is 0.469 e. The lowest BCUT2D eigenvalue weighted by Gasteiger charge is -2.47. The molecule has 0 aliphatic heterocycles. The first-order valence-corrected chi connectivity index (χ1v) is 9.95. The molecule has 1 aromatic heterocycles. The molecule has 0 aromatic carbocycles. The summed E-state index contributed by atoms with van der Waals surface area (Å²) in [5.41, 5.74) is 2.28. The molecule has 5 nitrogen and oxygen atoms in total. The van der Waals surface area contributed by atoms with Crippen molar-refractivity contribution in [3.05, 3.63) is 16.5 Å². The Morgan fingerprint density at radius 2 is 1.80 bits per heavy atom. The summed E-state index contributed by atoms with van der Waals surface area (Å²) in [4.78, 5) is 21.4. The van der Waals surface area contributed by atoms with Gasteiger partial charge in [-0.05, 0) is 74.8 Å². The molecule has 5 rings (SSSR count). The number of carbonyl (C=O) groups excluding carboxylic acids is 1. The molecule has 0 saturated heterocycles. The molecule has 3 fully saturated rings. The fourth-order valence-electron chi connectivity index (χ4n) is 5.15. The van der Waals surface area contributed by atoms with E-state index in [0.717, 1.165) is 50.0 Å². The molecule has 25 heavy (non-hydrogen) atoms. The van der Waals surface area contributed by atoms with E-state index in [4.69, 9.17) is 16.3 Å². The summed E-state index contributed by atoms with van der Waals surface area (Å²) in [6.07, 6.45) is 10.1. The highest BCUT2D eigenvalue weighted by Gasteiger charge is 2.48. The van der Waals surface area contributed by atoms with Gasteiger partial charge in [-0.2, -0.15) is 0 Å². The van der Waals surface area contributed by atoms with Crippen LogP contribution < -0.4 is 5.32 Å². The Bertz CT molecular complexity index is 658. The molecule has 3 saturated carbocycles. The van der Waals surface area contributed by atoms with Gasteiger partial charge in [0, 0.05) is 11.6 Å². The lowest BCUT2D eigenvalue weighted by atomic mass is 9.61. The van der Waals surface area contributed by atoms with Crippen LogP contribution in [0.5, 0.6) is 0 Å². The summed E-state index contributed by atoms with van der Waals surface area (Å²) in [6.45, 7) is 0. The summed E-state index contributed by atoms with van der Waals surface area (Å²) in [7, 11) is 1.50. The van der Waals surface area contributed by atoms with Crippen molar-refractivity contribution in [1.82, 2.24) is 9.97 Å². The van der Waals surface area contributed by atoms with E-state index in [1.165, 1.54) is 31.9 Å². The van der Waals surface area contributed by atoms with E-state index in [0.29, 0.717) is 17.1 Å². The molecule has 2 bridgehead atoms.